The molecule has 1 fully saturated rings. The van der Waals surface area contributed by atoms with Crippen LogP contribution in [0.3, 0.4) is 0 Å². The zero-order chi connectivity index (χ0) is 14.7. The maximum Gasteiger partial charge on any atom is 0.252 e. The molecule has 0 unspecified atom stereocenters. The first-order valence-corrected chi connectivity index (χ1v) is 8.11. The Kier molecular flexibility index (Phi) is 5.47. The predicted molar refractivity (Wildman–Crippen MR) is 86.3 cm³/mol. The second-order valence-corrected chi connectivity index (χ2v) is 6.90. The summed E-state index contributed by atoms with van der Waals surface area (Å²) in [6.07, 6.45) is 1.14. The summed E-state index contributed by atoms with van der Waals surface area (Å²) in [7, 11) is 0. The zero-order valence-electron chi connectivity index (χ0n) is 11.8. The Morgan fingerprint density at radius 2 is 2.30 bits per heavy atom. The van der Waals surface area contributed by atoms with E-state index in [4.69, 9.17) is 11.6 Å². The van der Waals surface area contributed by atoms with Gasteiger partial charge in [0.1, 0.15) is 0 Å². The topological polar surface area (TPSA) is 32.3 Å². The Balaban J connectivity index is 1.88. The Hall–Kier alpha value is -0.580. The van der Waals surface area contributed by atoms with Gasteiger partial charge in [0.2, 0.25) is 0 Å². The molecule has 0 saturated carbocycles. The maximum absolute atomic E-state index is 12.2. The van der Waals surface area contributed by atoms with E-state index in [2.05, 4.69) is 40.0 Å². The van der Waals surface area contributed by atoms with Gasteiger partial charge in [-0.25, -0.2) is 0 Å². The monoisotopic (exact) mass is 358 g/mol. The quantitative estimate of drug-likeness (QED) is 0.891. The smallest absolute Gasteiger partial charge is 0.252 e. The van der Waals surface area contributed by atoms with E-state index >= 15 is 0 Å². The van der Waals surface area contributed by atoms with Gasteiger partial charge in [0, 0.05) is 23.6 Å². The van der Waals surface area contributed by atoms with Crippen LogP contribution in [-0.2, 0) is 0 Å². The van der Waals surface area contributed by atoms with Crippen molar-refractivity contribution in [3.05, 3.63) is 33.3 Å². The molecule has 1 saturated heterocycles. The molecule has 1 amide bonds. The molecule has 0 radical (unpaired) electrons. The number of nitrogens with zero attached hydrogens (tertiary/aromatic N) is 1. The summed E-state index contributed by atoms with van der Waals surface area (Å²) >= 11 is 9.42. The van der Waals surface area contributed by atoms with Crippen molar-refractivity contribution in [1.82, 2.24) is 10.2 Å². The molecule has 1 aliphatic rings. The second kappa shape index (κ2) is 6.92. The van der Waals surface area contributed by atoms with Gasteiger partial charge in [0.25, 0.3) is 5.91 Å². The lowest BCUT2D eigenvalue weighted by atomic mass is 10.1. The average molecular weight is 360 g/mol. The molecular formula is C15H20BrClN2O. The van der Waals surface area contributed by atoms with Crippen LogP contribution in [0.1, 0.15) is 30.6 Å². The van der Waals surface area contributed by atoms with E-state index in [-0.39, 0.29) is 5.91 Å². The molecule has 0 spiro atoms. The van der Waals surface area contributed by atoms with Gasteiger partial charge in [0.15, 0.2) is 0 Å². The molecule has 1 aliphatic heterocycles. The summed E-state index contributed by atoms with van der Waals surface area (Å²) in [6, 6.07) is 5.90. The third-order valence-corrected chi connectivity index (χ3v) is 4.59. The van der Waals surface area contributed by atoms with Gasteiger partial charge < -0.3 is 10.2 Å². The number of likely N-dealkylation sites (tertiary alicyclic amines) is 1. The first kappa shape index (κ1) is 15.8. The van der Waals surface area contributed by atoms with Crippen LogP contribution < -0.4 is 5.32 Å². The number of rotatable bonds is 4. The summed E-state index contributed by atoms with van der Waals surface area (Å²) in [5, 5.41) is 3.48. The highest BCUT2D eigenvalue weighted by molar-refractivity contribution is 9.10. The number of hydrogen-bond acceptors (Lipinski definition) is 2. The molecule has 1 aromatic carbocycles. The van der Waals surface area contributed by atoms with Gasteiger partial charge >= 0.3 is 0 Å². The number of hydrogen-bond donors (Lipinski definition) is 1. The van der Waals surface area contributed by atoms with Gasteiger partial charge in [-0.2, -0.15) is 0 Å². The van der Waals surface area contributed by atoms with Crippen LogP contribution in [0.15, 0.2) is 22.7 Å². The van der Waals surface area contributed by atoms with Crippen molar-refractivity contribution in [2.24, 2.45) is 5.92 Å². The van der Waals surface area contributed by atoms with E-state index in [1.165, 1.54) is 0 Å². The molecule has 1 N–H and O–H groups in total. The van der Waals surface area contributed by atoms with Crippen LogP contribution >= 0.6 is 27.5 Å². The van der Waals surface area contributed by atoms with Crippen molar-refractivity contribution in [2.45, 2.75) is 26.3 Å². The van der Waals surface area contributed by atoms with Crippen molar-refractivity contribution in [3.8, 4) is 0 Å². The molecule has 0 bridgehead atoms. The van der Waals surface area contributed by atoms with Crippen molar-refractivity contribution in [3.63, 3.8) is 0 Å². The van der Waals surface area contributed by atoms with Crippen molar-refractivity contribution in [2.75, 3.05) is 19.6 Å². The highest BCUT2D eigenvalue weighted by Crippen LogP contribution is 2.21. The fraction of sp³-hybridized carbons (Fsp3) is 0.533. The molecule has 20 heavy (non-hydrogen) atoms. The lowest BCUT2D eigenvalue weighted by Gasteiger charge is -2.20. The SMILES string of the molecule is CC(C)N1CC[C@@H](CNC(=O)c2cc(Br)ccc2Cl)C1. The van der Waals surface area contributed by atoms with E-state index in [1.54, 1.807) is 12.1 Å². The van der Waals surface area contributed by atoms with Crippen molar-refractivity contribution in [1.29, 1.82) is 0 Å². The van der Waals surface area contributed by atoms with Crippen molar-refractivity contribution < 1.29 is 4.79 Å². The summed E-state index contributed by atoms with van der Waals surface area (Å²) in [5.74, 6) is 0.437. The van der Waals surface area contributed by atoms with E-state index in [0.29, 0.717) is 29.1 Å². The molecule has 2 rings (SSSR count). The predicted octanol–water partition coefficient (Wildman–Crippen LogP) is 3.56. The number of nitrogens with one attached hydrogen (secondary N) is 1. The largest absolute Gasteiger partial charge is 0.352 e. The molecule has 110 valence electrons. The maximum atomic E-state index is 12.2. The fourth-order valence-electron chi connectivity index (χ4n) is 2.50. The Morgan fingerprint density at radius 3 is 2.95 bits per heavy atom. The van der Waals surface area contributed by atoms with Crippen molar-refractivity contribution >= 4 is 33.4 Å². The van der Waals surface area contributed by atoms with Crippen LogP contribution in [0.4, 0.5) is 0 Å². The molecule has 3 nitrogen and oxygen atoms in total. The second-order valence-electron chi connectivity index (χ2n) is 5.58. The third-order valence-electron chi connectivity index (χ3n) is 3.77. The standard InChI is InChI=1S/C15H20BrClN2O/c1-10(2)19-6-5-11(9-19)8-18-15(20)13-7-12(16)3-4-14(13)17/h3-4,7,10-11H,5-6,8-9H2,1-2H3,(H,18,20)/t11-/m0/s1. The molecular weight excluding hydrogens is 340 g/mol. The lowest BCUT2D eigenvalue weighted by molar-refractivity contribution is 0.0947. The third kappa shape index (κ3) is 3.96. The highest BCUT2D eigenvalue weighted by atomic mass is 79.9. The van der Waals surface area contributed by atoms with Gasteiger partial charge in [-0.05, 0) is 50.9 Å². The summed E-state index contributed by atoms with van der Waals surface area (Å²) in [4.78, 5) is 14.6. The molecule has 1 atom stereocenters. The Bertz CT molecular complexity index is 493. The molecule has 1 heterocycles. The Labute approximate surface area is 133 Å². The average Bonchev–Trinajstić information content (AvgIpc) is 2.88. The highest BCUT2D eigenvalue weighted by Gasteiger charge is 2.24. The van der Waals surface area contributed by atoms with Crippen LogP contribution in [0.2, 0.25) is 5.02 Å². The van der Waals surface area contributed by atoms with E-state index in [0.717, 1.165) is 24.0 Å². The number of carbonyl (C=O) groups excluding carboxylic acids is 1. The van der Waals surface area contributed by atoms with Crippen LogP contribution in [0.5, 0.6) is 0 Å². The molecule has 0 aromatic heterocycles. The Morgan fingerprint density at radius 1 is 1.55 bits per heavy atom. The number of benzene rings is 1. The summed E-state index contributed by atoms with van der Waals surface area (Å²) in [6.45, 7) is 7.31. The van der Waals surface area contributed by atoms with Crippen LogP contribution in [-0.4, -0.2) is 36.5 Å². The first-order valence-electron chi connectivity index (χ1n) is 6.94. The molecule has 5 heteroatoms. The summed E-state index contributed by atoms with van der Waals surface area (Å²) in [5.41, 5.74) is 0.528. The van der Waals surface area contributed by atoms with E-state index in [9.17, 15) is 4.79 Å². The number of halogens is 2. The fourth-order valence-corrected chi connectivity index (χ4v) is 3.07. The summed E-state index contributed by atoms with van der Waals surface area (Å²) < 4.78 is 0.860. The first-order chi connectivity index (χ1) is 9.47. The van der Waals surface area contributed by atoms with E-state index < -0.39 is 0 Å². The lowest BCUT2D eigenvalue weighted by Crippen LogP contribution is -2.33. The number of amides is 1. The van der Waals surface area contributed by atoms with E-state index in [1.807, 2.05) is 6.07 Å². The normalized spacial score (nSPS) is 19.6. The van der Waals surface area contributed by atoms with Crippen LogP contribution in [0.25, 0.3) is 0 Å². The van der Waals surface area contributed by atoms with Gasteiger partial charge in [0.05, 0.1) is 10.6 Å². The van der Waals surface area contributed by atoms with Gasteiger partial charge in [-0.1, -0.05) is 27.5 Å². The van der Waals surface area contributed by atoms with Crippen LogP contribution in [0, 0.1) is 5.92 Å². The zero-order valence-corrected chi connectivity index (χ0v) is 14.2. The minimum Gasteiger partial charge on any atom is -0.352 e. The van der Waals surface area contributed by atoms with Gasteiger partial charge in [-0.3, -0.25) is 4.79 Å². The minimum atomic E-state index is -0.0979. The van der Waals surface area contributed by atoms with Gasteiger partial charge in [-0.15, -0.1) is 0 Å². The molecule has 0 aliphatic carbocycles. The number of carbonyl (C=O) groups is 1. The molecule has 1 aromatic rings. The minimum absolute atomic E-state index is 0.0979.